The lowest BCUT2D eigenvalue weighted by atomic mass is 10.1. The third-order valence-corrected chi connectivity index (χ3v) is 6.84. The van der Waals surface area contributed by atoms with Gasteiger partial charge in [0.05, 0.1) is 36.6 Å². The Morgan fingerprint density at radius 2 is 1.97 bits per heavy atom. The number of hydrogen-bond donors (Lipinski definition) is 1. The number of amides is 2. The van der Waals surface area contributed by atoms with Gasteiger partial charge >= 0.3 is 6.18 Å². The van der Waals surface area contributed by atoms with E-state index in [4.69, 9.17) is 4.99 Å². The molecule has 5 rings (SSSR count). The van der Waals surface area contributed by atoms with Crippen LogP contribution in [-0.4, -0.2) is 57.9 Å². The average Bonchev–Trinajstić information content (AvgIpc) is 3.50. The van der Waals surface area contributed by atoms with E-state index in [9.17, 15) is 22.8 Å². The van der Waals surface area contributed by atoms with E-state index in [-0.39, 0.29) is 27.8 Å². The topological polar surface area (TPSA) is 87.0 Å². The number of likely N-dealkylation sites (tertiary alicyclic amines) is 1. The summed E-state index contributed by atoms with van der Waals surface area (Å²) in [5.41, 5.74) is 1.71. The Kier molecular flexibility index (Phi) is 6.31. The molecule has 0 aliphatic carbocycles. The van der Waals surface area contributed by atoms with Crippen molar-refractivity contribution in [2.24, 2.45) is 9.98 Å². The monoisotopic (exact) mass is 521 g/mol. The molecular formula is C27H24F3N6O2+. The molecule has 4 heterocycles. The van der Waals surface area contributed by atoms with Gasteiger partial charge in [-0.15, -0.1) is 0 Å². The zero-order valence-corrected chi connectivity index (χ0v) is 20.4. The number of carbonyl (C=O) groups is 2. The van der Waals surface area contributed by atoms with Crippen molar-refractivity contribution in [1.29, 1.82) is 0 Å². The number of fused-ring (bicyclic) bond motifs is 1. The van der Waals surface area contributed by atoms with Crippen molar-refractivity contribution in [2.75, 3.05) is 18.9 Å². The summed E-state index contributed by atoms with van der Waals surface area (Å²) in [4.78, 5) is 40.0. The SMILES string of the molecule is C=CC(=O)N1CCCC1C1=C2C=NC=C[N+]2(C)C(c2ccc(C(=O)Nc3cc(C(F)(F)F)ccn3)cc2)=N1. The van der Waals surface area contributed by atoms with Crippen molar-refractivity contribution < 1.29 is 27.2 Å². The lowest BCUT2D eigenvalue weighted by Crippen LogP contribution is -2.43. The molecule has 2 amide bonds. The van der Waals surface area contributed by atoms with Crippen molar-refractivity contribution in [2.45, 2.75) is 25.1 Å². The number of benzene rings is 1. The number of pyridine rings is 1. The fourth-order valence-electron chi connectivity index (χ4n) is 4.89. The van der Waals surface area contributed by atoms with Crippen LogP contribution in [-0.2, 0) is 11.0 Å². The van der Waals surface area contributed by atoms with Gasteiger partial charge in [0.15, 0.2) is 5.70 Å². The molecule has 38 heavy (non-hydrogen) atoms. The molecule has 1 fully saturated rings. The second-order valence-electron chi connectivity index (χ2n) is 9.21. The Morgan fingerprint density at radius 3 is 2.68 bits per heavy atom. The molecule has 2 aromatic rings. The Balaban J connectivity index is 1.41. The Labute approximate surface area is 216 Å². The second-order valence-corrected chi connectivity index (χ2v) is 9.21. The first-order valence-electron chi connectivity index (χ1n) is 11.9. The third-order valence-electron chi connectivity index (χ3n) is 6.84. The number of carbonyl (C=O) groups excluding carboxylic acids is 2. The predicted octanol–water partition coefficient (Wildman–Crippen LogP) is 4.50. The molecule has 1 aromatic carbocycles. The molecule has 1 aromatic heterocycles. The summed E-state index contributed by atoms with van der Waals surface area (Å²) >= 11 is 0. The Morgan fingerprint density at radius 1 is 1.21 bits per heavy atom. The molecule has 2 unspecified atom stereocenters. The van der Waals surface area contributed by atoms with Gasteiger partial charge in [-0.25, -0.2) is 9.47 Å². The number of allylic oxidation sites excluding steroid dienone is 1. The zero-order chi connectivity index (χ0) is 27.1. The minimum absolute atomic E-state index is 0.146. The molecule has 0 spiro atoms. The van der Waals surface area contributed by atoms with Crippen molar-refractivity contribution >= 4 is 29.7 Å². The van der Waals surface area contributed by atoms with Crippen molar-refractivity contribution in [1.82, 2.24) is 9.88 Å². The van der Waals surface area contributed by atoms with Gasteiger partial charge in [0.1, 0.15) is 17.7 Å². The van der Waals surface area contributed by atoms with Gasteiger partial charge in [-0.1, -0.05) is 6.58 Å². The second kappa shape index (κ2) is 9.49. The number of nitrogens with zero attached hydrogens (tertiary/aromatic N) is 5. The Bertz CT molecular complexity index is 1440. The quantitative estimate of drug-likeness (QED) is 0.464. The highest BCUT2D eigenvalue weighted by Crippen LogP contribution is 2.38. The highest BCUT2D eigenvalue weighted by molar-refractivity contribution is 6.05. The van der Waals surface area contributed by atoms with Crippen LogP contribution in [0.1, 0.15) is 34.3 Å². The number of hydrogen-bond acceptors (Lipinski definition) is 5. The van der Waals surface area contributed by atoms with Crippen LogP contribution in [0.15, 0.2) is 89.0 Å². The molecule has 194 valence electrons. The normalized spacial score (nSPS) is 22.4. The number of quaternary nitrogens is 1. The van der Waals surface area contributed by atoms with Crippen LogP contribution in [0.4, 0.5) is 19.0 Å². The van der Waals surface area contributed by atoms with E-state index in [1.807, 2.05) is 13.2 Å². The minimum Gasteiger partial charge on any atom is -0.330 e. The van der Waals surface area contributed by atoms with Gasteiger partial charge in [-0.2, -0.15) is 18.2 Å². The highest BCUT2D eigenvalue weighted by Gasteiger charge is 2.46. The van der Waals surface area contributed by atoms with E-state index >= 15 is 0 Å². The lowest BCUT2D eigenvalue weighted by Gasteiger charge is -2.29. The smallest absolute Gasteiger partial charge is 0.330 e. The molecule has 8 nitrogen and oxygen atoms in total. The van der Waals surface area contributed by atoms with Gasteiger partial charge in [0.25, 0.3) is 5.91 Å². The number of rotatable bonds is 5. The van der Waals surface area contributed by atoms with E-state index in [0.29, 0.717) is 12.4 Å². The van der Waals surface area contributed by atoms with Crippen LogP contribution in [0.25, 0.3) is 0 Å². The van der Waals surface area contributed by atoms with Crippen LogP contribution >= 0.6 is 0 Å². The molecule has 3 aliphatic heterocycles. The standard InChI is InChI=1S/C27H23F3N6O2/c1-3-23(37)35-13-4-5-20(35)24-21-16-31-12-14-36(21,2)25(34-24)17-6-8-18(9-7-17)26(38)33-22-15-19(10-11-32-22)27(28,29)30/h3,6-12,14-16,20H,1,4-5,13H2,2H3/p+1. The highest BCUT2D eigenvalue weighted by atomic mass is 19.4. The zero-order valence-electron chi connectivity index (χ0n) is 20.4. The predicted molar refractivity (Wildman–Crippen MR) is 136 cm³/mol. The lowest BCUT2D eigenvalue weighted by molar-refractivity contribution is -0.713. The summed E-state index contributed by atoms with van der Waals surface area (Å²) in [6.07, 6.45) is 4.73. The number of aliphatic imine (C=N–C) groups is 2. The fourth-order valence-corrected chi connectivity index (χ4v) is 4.89. The number of aromatic nitrogens is 1. The van der Waals surface area contributed by atoms with E-state index in [1.165, 1.54) is 6.08 Å². The molecule has 3 aliphatic rings. The van der Waals surface area contributed by atoms with Gasteiger partial charge in [-0.3, -0.25) is 14.6 Å². The Hall–Kier alpha value is -4.38. The number of nitrogens with one attached hydrogen (secondary N) is 1. The third kappa shape index (κ3) is 4.45. The minimum atomic E-state index is -4.54. The first kappa shape index (κ1) is 25.3. The van der Waals surface area contributed by atoms with E-state index in [1.54, 1.807) is 41.6 Å². The number of amidine groups is 1. The molecule has 0 saturated carbocycles. The van der Waals surface area contributed by atoms with Crippen LogP contribution in [0, 0.1) is 0 Å². The summed E-state index contributed by atoms with van der Waals surface area (Å²) < 4.78 is 39.2. The van der Waals surface area contributed by atoms with Gasteiger partial charge < -0.3 is 10.2 Å². The summed E-state index contributed by atoms with van der Waals surface area (Å²) in [7, 11) is 1.97. The summed E-state index contributed by atoms with van der Waals surface area (Å²) in [6, 6.07) is 8.05. The largest absolute Gasteiger partial charge is 0.416 e. The molecule has 1 N–H and O–H groups in total. The molecule has 11 heteroatoms. The summed E-state index contributed by atoms with van der Waals surface area (Å²) in [5.74, 6) is -0.237. The molecule has 0 bridgehead atoms. The number of halogens is 3. The van der Waals surface area contributed by atoms with Crippen molar-refractivity contribution in [3.63, 3.8) is 0 Å². The van der Waals surface area contributed by atoms with Crippen LogP contribution < -0.4 is 5.32 Å². The maximum Gasteiger partial charge on any atom is 0.416 e. The van der Waals surface area contributed by atoms with Gasteiger partial charge in [-0.05, 0) is 55.3 Å². The van der Waals surface area contributed by atoms with E-state index in [0.717, 1.165) is 48.1 Å². The van der Waals surface area contributed by atoms with Crippen LogP contribution in [0.3, 0.4) is 0 Å². The fraction of sp³-hybridized carbons (Fsp3) is 0.222. The molecule has 0 radical (unpaired) electrons. The van der Waals surface area contributed by atoms with Gasteiger partial charge in [0, 0.05) is 18.3 Å². The first-order valence-corrected chi connectivity index (χ1v) is 11.9. The van der Waals surface area contributed by atoms with Gasteiger partial charge in [0.2, 0.25) is 11.7 Å². The van der Waals surface area contributed by atoms with E-state index in [2.05, 4.69) is 21.9 Å². The molecule has 1 saturated heterocycles. The van der Waals surface area contributed by atoms with Crippen LogP contribution in [0.5, 0.6) is 0 Å². The summed E-state index contributed by atoms with van der Waals surface area (Å²) in [6.45, 7) is 4.24. The van der Waals surface area contributed by atoms with Crippen molar-refractivity contribution in [3.05, 3.63) is 95.7 Å². The van der Waals surface area contributed by atoms with Crippen molar-refractivity contribution in [3.8, 4) is 0 Å². The number of alkyl halides is 3. The maximum absolute atomic E-state index is 13.0. The maximum atomic E-state index is 13.0. The van der Waals surface area contributed by atoms with Crippen LogP contribution in [0.2, 0.25) is 0 Å². The average molecular weight is 522 g/mol. The molecular weight excluding hydrogens is 497 g/mol. The first-order chi connectivity index (χ1) is 18.1. The number of anilines is 1. The van der Waals surface area contributed by atoms with E-state index < -0.39 is 17.6 Å². The summed E-state index contributed by atoms with van der Waals surface area (Å²) in [5, 5.41) is 2.41. The molecule has 2 atom stereocenters.